The molecule has 2 aromatic rings. The Morgan fingerprint density at radius 1 is 1.41 bits per heavy atom. The van der Waals surface area contributed by atoms with Crippen molar-refractivity contribution in [1.29, 1.82) is 0 Å². The van der Waals surface area contributed by atoms with Crippen molar-refractivity contribution >= 4 is 33.2 Å². The number of halogens is 1. The molecule has 3 nitrogen and oxygen atoms in total. The topological polar surface area (TPSA) is 35.0 Å². The van der Waals surface area contributed by atoms with E-state index in [1.54, 1.807) is 11.3 Å². The maximum absolute atomic E-state index is 6.07. The molecule has 0 aliphatic heterocycles. The molecular formula is C12H15ClN2OS. The van der Waals surface area contributed by atoms with E-state index >= 15 is 0 Å². The summed E-state index contributed by atoms with van der Waals surface area (Å²) in [5, 5.41) is 3.40. The number of nitrogens with zero attached hydrogens (tertiary/aromatic N) is 2. The Balaban J connectivity index is 1.99. The van der Waals surface area contributed by atoms with Gasteiger partial charge in [-0.25, -0.2) is 9.97 Å². The summed E-state index contributed by atoms with van der Waals surface area (Å²) in [6.07, 6.45) is 1.05. The third kappa shape index (κ3) is 3.37. The van der Waals surface area contributed by atoms with Gasteiger partial charge >= 0.3 is 0 Å². The molecule has 0 N–H and O–H groups in total. The van der Waals surface area contributed by atoms with Crippen LogP contribution < -0.4 is 0 Å². The third-order valence-electron chi connectivity index (χ3n) is 2.40. The fourth-order valence-corrected chi connectivity index (χ4v) is 2.50. The van der Waals surface area contributed by atoms with Crippen molar-refractivity contribution < 1.29 is 4.74 Å². The van der Waals surface area contributed by atoms with Gasteiger partial charge in [-0.1, -0.05) is 25.4 Å². The lowest BCUT2D eigenvalue weighted by molar-refractivity contribution is 0.106. The molecule has 0 atom stereocenters. The van der Waals surface area contributed by atoms with Crippen molar-refractivity contribution in [2.24, 2.45) is 5.92 Å². The van der Waals surface area contributed by atoms with Crippen LogP contribution in [0.25, 0.3) is 10.2 Å². The van der Waals surface area contributed by atoms with Crippen LogP contribution in [0.2, 0.25) is 5.15 Å². The maximum atomic E-state index is 6.07. The summed E-state index contributed by atoms with van der Waals surface area (Å²) in [5.41, 5.74) is 0. The second-order valence-electron chi connectivity index (χ2n) is 4.31. The van der Waals surface area contributed by atoms with E-state index < -0.39 is 0 Å². The maximum Gasteiger partial charge on any atom is 0.157 e. The van der Waals surface area contributed by atoms with E-state index in [0.717, 1.165) is 23.2 Å². The van der Waals surface area contributed by atoms with Crippen LogP contribution in [-0.4, -0.2) is 16.6 Å². The number of thiophene rings is 1. The highest BCUT2D eigenvalue weighted by Gasteiger charge is 2.07. The summed E-state index contributed by atoms with van der Waals surface area (Å²) in [7, 11) is 0. The number of rotatable bonds is 5. The minimum Gasteiger partial charge on any atom is -0.373 e. The zero-order valence-corrected chi connectivity index (χ0v) is 11.5. The minimum atomic E-state index is 0.431. The largest absolute Gasteiger partial charge is 0.373 e. The monoisotopic (exact) mass is 270 g/mol. The fourth-order valence-electron chi connectivity index (χ4n) is 1.41. The number of aromatic nitrogens is 2. The molecule has 0 radical (unpaired) electrons. The van der Waals surface area contributed by atoms with Crippen molar-refractivity contribution in [3.63, 3.8) is 0 Å². The molecule has 0 aliphatic carbocycles. The Labute approximate surface area is 110 Å². The van der Waals surface area contributed by atoms with Gasteiger partial charge in [0.05, 0.1) is 0 Å². The lowest BCUT2D eigenvalue weighted by Crippen LogP contribution is -2.02. The average Bonchev–Trinajstić information content (AvgIpc) is 2.72. The van der Waals surface area contributed by atoms with Crippen molar-refractivity contribution in [2.75, 3.05) is 6.61 Å². The lowest BCUT2D eigenvalue weighted by atomic mass is 10.1. The van der Waals surface area contributed by atoms with Gasteiger partial charge in [-0.05, 0) is 23.8 Å². The molecule has 2 heterocycles. The molecule has 0 aromatic carbocycles. The highest BCUT2D eigenvalue weighted by Crippen LogP contribution is 2.24. The van der Waals surface area contributed by atoms with Crippen LogP contribution in [0.4, 0.5) is 0 Å². The van der Waals surface area contributed by atoms with Crippen molar-refractivity contribution in [2.45, 2.75) is 26.9 Å². The van der Waals surface area contributed by atoms with Crippen molar-refractivity contribution in [3.8, 4) is 0 Å². The molecular weight excluding hydrogens is 256 g/mol. The van der Waals surface area contributed by atoms with Gasteiger partial charge in [-0.15, -0.1) is 11.3 Å². The Hall–Kier alpha value is -0.710. The SMILES string of the molecule is CC(C)CCOCc1nc(Cl)c2ccsc2n1. The number of hydrogen-bond acceptors (Lipinski definition) is 4. The first-order chi connectivity index (χ1) is 8.16. The van der Waals surface area contributed by atoms with E-state index in [0.29, 0.717) is 23.5 Å². The van der Waals surface area contributed by atoms with Crippen molar-refractivity contribution in [1.82, 2.24) is 9.97 Å². The van der Waals surface area contributed by atoms with E-state index in [9.17, 15) is 0 Å². The molecule has 0 unspecified atom stereocenters. The predicted octanol–water partition coefficient (Wildman–Crippen LogP) is 3.91. The van der Waals surface area contributed by atoms with Crippen LogP contribution in [-0.2, 0) is 11.3 Å². The van der Waals surface area contributed by atoms with E-state index in [1.807, 2.05) is 11.4 Å². The second kappa shape index (κ2) is 5.76. The Kier molecular flexibility index (Phi) is 4.31. The molecule has 0 saturated heterocycles. The lowest BCUT2D eigenvalue weighted by Gasteiger charge is -2.06. The number of hydrogen-bond donors (Lipinski definition) is 0. The van der Waals surface area contributed by atoms with Crippen LogP contribution in [0.1, 0.15) is 26.1 Å². The molecule has 2 rings (SSSR count). The van der Waals surface area contributed by atoms with Gasteiger partial charge in [0.15, 0.2) is 5.82 Å². The van der Waals surface area contributed by atoms with Gasteiger partial charge in [-0.3, -0.25) is 0 Å². The molecule has 0 fully saturated rings. The smallest absolute Gasteiger partial charge is 0.157 e. The second-order valence-corrected chi connectivity index (χ2v) is 5.56. The average molecular weight is 271 g/mol. The molecule has 2 aromatic heterocycles. The van der Waals surface area contributed by atoms with Gasteiger partial charge < -0.3 is 4.74 Å². The zero-order chi connectivity index (χ0) is 12.3. The zero-order valence-electron chi connectivity index (χ0n) is 9.94. The minimum absolute atomic E-state index is 0.431. The van der Waals surface area contributed by atoms with Gasteiger partial charge in [0.2, 0.25) is 0 Å². The molecule has 92 valence electrons. The molecule has 5 heteroatoms. The van der Waals surface area contributed by atoms with Gasteiger partial charge in [0.25, 0.3) is 0 Å². The first-order valence-electron chi connectivity index (χ1n) is 5.64. The predicted molar refractivity (Wildman–Crippen MR) is 71.5 cm³/mol. The first-order valence-corrected chi connectivity index (χ1v) is 6.90. The Morgan fingerprint density at radius 2 is 2.24 bits per heavy atom. The van der Waals surface area contributed by atoms with Crippen LogP contribution >= 0.6 is 22.9 Å². The molecule has 17 heavy (non-hydrogen) atoms. The van der Waals surface area contributed by atoms with Gasteiger partial charge in [0, 0.05) is 12.0 Å². The third-order valence-corrected chi connectivity index (χ3v) is 3.49. The summed E-state index contributed by atoms with van der Waals surface area (Å²) in [4.78, 5) is 9.56. The molecule has 0 bridgehead atoms. The number of fused-ring (bicyclic) bond motifs is 1. The standard InChI is InChI=1S/C12H15ClN2OS/c1-8(2)3-5-16-7-10-14-11(13)9-4-6-17-12(9)15-10/h4,6,8H,3,5,7H2,1-2H3. The van der Waals surface area contributed by atoms with E-state index in [-0.39, 0.29) is 0 Å². The molecule has 0 aliphatic rings. The normalized spacial score (nSPS) is 11.5. The van der Waals surface area contributed by atoms with Crippen molar-refractivity contribution in [3.05, 3.63) is 22.4 Å². The highest BCUT2D eigenvalue weighted by atomic mass is 35.5. The summed E-state index contributed by atoms with van der Waals surface area (Å²) >= 11 is 7.64. The highest BCUT2D eigenvalue weighted by molar-refractivity contribution is 7.16. The van der Waals surface area contributed by atoms with Crippen LogP contribution in [0.5, 0.6) is 0 Å². The van der Waals surface area contributed by atoms with E-state index in [1.165, 1.54) is 0 Å². The van der Waals surface area contributed by atoms with Crippen LogP contribution in [0.3, 0.4) is 0 Å². The first kappa shape index (κ1) is 12.7. The quantitative estimate of drug-likeness (QED) is 0.610. The van der Waals surface area contributed by atoms with Crippen LogP contribution in [0.15, 0.2) is 11.4 Å². The summed E-state index contributed by atoms with van der Waals surface area (Å²) < 4.78 is 5.53. The van der Waals surface area contributed by atoms with Crippen LogP contribution in [0, 0.1) is 5.92 Å². The Morgan fingerprint density at radius 3 is 3.00 bits per heavy atom. The summed E-state index contributed by atoms with van der Waals surface area (Å²) in [6.45, 7) is 5.52. The van der Waals surface area contributed by atoms with E-state index in [2.05, 4.69) is 23.8 Å². The Bertz CT molecular complexity index is 498. The van der Waals surface area contributed by atoms with Gasteiger partial charge in [0.1, 0.15) is 16.6 Å². The molecule has 0 amide bonds. The molecule has 0 saturated carbocycles. The molecule has 0 spiro atoms. The van der Waals surface area contributed by atoms with Gasteiger partial charge in [-0.2, -0.15) is 0 Å². The summed E-state index contributed by atoms with van der Waals surface area (Å²) in [6, 6.07) is 1.94. The van der Waals surface area contributed by atoms with E-state index in [4.69, 9.17) is 16.3 Å². The summed E-state index contributed by atoms with van der Waals surface area (Å²) in [5.74, 6) is 1.31. The fraction of sp³-hybridized carbons (Fsp3) is 0.500. The number of ether oxygens (including phenoxy) is 1.